The van der Waals surface area contributed by atoms with Crippen molar-refractivity contribution in [3.8, 4) is 5.75 Å². The average Bonchev–Trinajstić information content (AvgIpc) is 2.49. The van der Waals surface area contributed by atoms with E-state index in [1.54, 1.807) is 12.1 Å². The smallest absolute Gasteiger partial charge is 0.240 e. The SMILES string of the molecule is Cc1ccc(C)c(OCCNS(=O)(=O)c2ccc(C)c(C)c2)c1. The fourth-order valence-electron chi connectivity index (χ4n) is 2.16. The second-order valence-electron chi connectivity index (χ2n) is 5.76. The number of hydrogen-bond donors (Lipinski definition) is 1. The quantitative estimate of drug-likeness (QED) is 0.826. The van der Waals surface area contributed by atoms with Gasteiger partial charge in [0.2, 0.25) is 10.0 Å². The van der Waals surface area contributed by atoms with Crippen molar-refractivity contribution in [3.63, 3.8) is 0 Å². The minimum Gasteiger partial charge on any atom is -0.492 e. The molecule has 0 saturated carbocycles. The Hall–Kier alpha value is -1.85. The maximum atomic E-state index is 12.3. The van der Waals surface area contributed by atoms with Gasteiger partial charge in [-0.1, -0.05) is 18.2 Å². The zero-order valence-electron chi connectivity index (χ0n) is 14.0. The second-order valence-corrected chi connectivity index (χ2v) is 7.53. The number of aryl methyl sites for hydroxylation is 4. The highest BCUT2D eigenvalue weighted by molar-refractivity contribution is 7.89. The van der Waals surface area contributed by atoms with Crippen molar-refractivity contribution in [2.24, 2.45) is 0 Å². The Morgan fingerprint density at radius 1 is 0.913 bits per heavy atom. The van der Waals surface area contributed by atoms with E-state index in [1.807, 2.05) is 52.0 Å². The molecule has 124 valence electrons. The molecule has 0 bridgehead atoms. The van der Waals surface area contributed by atoms with Gasteiger partial charge in [-0.05, 0) is 68.1 Å². The first-order valence-electron chi connectivity index (χ1n) is 7.56. The summed E-state index contributed by atoms with van der Waals surface area (Å²) >= 11 is 0. The highest BCUT2D eigenvalue weighted by atomic mass is 32.2. The van der Waals surface area contributed by atoms with Crippen molar-refractivity contribution in [1.82, 2.24) is 4.72 Å². The van der Waals surface area contributed by atoms with Gasteiger partial charge in [0.05, 0.1) is 4.90 Å². The lowest BCUT2D eigenvalue weighted by atomic mass is 10.1. The van der Waals surface area contributed by atoms with Crippen LogP contribution in [0.3, 0.4) is 0 Å². The summed E-state index contributed by atoms with van der Waals surface area (Å²) in [5, 5.41) is 0. The first-order chi connectivity index (χ1) is 10.8. The van der Waals surface area contributed by atoms with E-state index >= 15 is 0 Å². The van der Waals surface area contributed by atoms with Crippen molar-refractivity contribution in [2.45, 2.75) is 32.6 Å². The van der Waals surface area contributed by atoms with Crippen LogP contribution in [0.4, 0.5) is 0 Å². The van der Waals surface area contributed by atoms with Crippen LogP contribution in [0.1, 0.15) is 22.3 Å². The third kappa shape index (κ3) is 4.56. The van der Waals surface area contributed by atoms with Crippen molar-refractivity contribution in [3.05, 3.63) is 58.7 Å². The largest absolute Gasteiger partial charge is 0.492 e. The van der Waals surface area contributed by atoms with E-state index in [9.17, 15) is 8.42 Å². The van der Waals surface area contributed by atoms with Crippen molar-refractivity contribution >= 4 is 10.0 Å². The lowest BCUT2D eigenvalue weighted by Gasteiger charge is -2.11. The zero-order valence-corrected chi connectivity index (χ0v) is 14.8. The number of hydrogen-bond acceptors (Lipinski definition) is 3. The molecule has 4 nitrogen and oxygen atoms in total. The molecule has 0 amide bonds. The Morgan fingerprint density at radius 2 is 1.61 bits per heavy atom. The monoisotopic (exact) mass is 333 g/mol. The van der Waals surface area contributed by atoms with Crippen LogP contribution in [0.5, 0.6) is 5.75 Å². The fraction of sp³-hybridized carbons (Fsp3) is 0.333. The fourth-order valence-corrected chi connectivity index (χ4v) is 3.26. The highest BCUT2D eigenvalue weighted by Gasteiger charge is 2.14. The van der Waals surface area contributed by atoms with Gasteiger partial charge in [-0.3, -0.25) is 0 Å². The zero-order chi connectivity index (χ0) is 17.0. The van der Waals surface area contributed by atoms with Gasteiger partial charge in [-0.25, -0.2) is 13.1 Å². The molecular formula is C18H23NO3S. The van der Waals surface area contributed by atoms with Gasteiger partial charge in [0, 0.05) is 6.54 Å². The van der Waals surface area contributed by atoms with Crippen LogP contribution in [0, 0.1) is 27.7 Å². The van der Waals surface area contributed by atoms with Crippen molar-refractivity contribution in [1.29, 1.82) is 0 Å². The van der Waals surface area contributed by atoms with E-state index in [-0.39, 0.29) is 18.0 Å². The number of rotatable bonds is 6. The molecule has 0 aromatic heterocycles. The molecule has 0 aliphatic carbocycles. The van der Waals surface area contributed by atoms with E-state index in [1.165, 1.54) is 0 Å². The van der Waals surface area contributed by atoms with E-state index in [2.05, 4.69) is 4.72 Å². The predicted octanol–water partition coefficient (Wildman–Crippen LogP) is 3.28. The molecule has 0 atom stereocenters. The summed E-state index contributed by atoms with van der Waals surface area (Å²) in [7, 11) is -3.50. The molecular weight excluding hydrogens is 310 g/mol. The highest BCUT2D eigenvalue weighted by Crippen LogP contribution is 2.19. The van der Waals surface area contributed by atoms with Crippen LogP contribution in [0.15, 0.2) is 41.3 Å². The summed E-state index contributed by atoms with van der Waals surface area (Å²) in [6.07, 6.45) is 0. The predicted molar refractivity (Wildman–Crippen MR) is 92.5 cm³/mol. The summed E-state index contributed by atoms with van der Waals surface area (Å²) in [4.78, 5) is 0.285. The van der Waals surface area contributed by atoms with Crippen LogP contribution in [-0.4, -0.2) is 21.6 Å². The standard InChI is InChI=1S/C18H23NO3S/c1-13-5-6-15(3)18(11-13)22-10-9-19-23(20,21)17-8-7-14(2)16(4)12-17/h5-8,11-12,19H,9-10H2,1-4H3. The summed E-state index contributed by atoms with van der Waals surface area (Å²) in [5.74, 6) is 0.787. The maximum Gasteiger partial charge on any atom is 0.240 e. The Kier molecular flexibility index (Phi) is 5.44. The minimum absolute atomic E-state index is 0.225. The van der Waals surface area contributed by atoms with Gasteiger partial charge in [-0.2, -0.15) is 0 Å². The lowest BCUT2D eigenvalue weighted by molar-refractivity contribution is 0.320. The molecule has 1 N–H and O–H groups in total. The topological polar surface area (TPSA) is 55.4 Å². The van der Waals surface area contributed by atoms with Crippen LogP contribution in [-0.2, 0) is 10.0 Å². The molecule has 0 radical (unpaired) electrons. The van der Waals surface area contributed by atoms with E-state index < -0.39 is 10.0 Å². The lowest BCUT2D eigenvalue weighted by Crippen LogP contribution is -2.28. The van der Waals surface area contributed by atoms with E-state index in [4.69, 9.17) is 4.74 Å². The molecule has 0 unspecified atom stereocenters. The van der Waals surface area contributed by atoms with Gasteiger partial charge < -0.3 is 4.74 Å². The average molecular weight is 333 g/mol. The van der Waals surface area contributed by atoms with E-state index in [0.717, 1.165) is 28.0 Å². The first-order valence-corrected chi connectivity index (χ1v) is 9.05. The summed E-state index contributed by atoms with van der Waals surface area (Å²) in [6, 6.07) is 11.1. The third-order valence-corrected chi connectivity index (χ3v) is 5.24. The third-order valence-electron chi connectivity index (χ3n) is 3.78. The minimum atomic E-state index is -3.50. The number of benzene rings is 2. The Morgan fingerprint density at radius 3 is 2.30 bits per heavy atom. The van der Waals surface area contributed by atoms with Crippen molar-refractivity contribution in [2.75, 3.05) is 13.2 Å². The van der Waals surface area contributed by atoms with Gasteiger partial charge in [-0.15, -0.1) is 0 Å². The number of ether oxygens (including phenoxy) is 1. The van der Waals surface area contributed by atoms with Gasteiger partial charge in [0.25, 0.3) is 0 Å². The van der Waals surface area contributed by atoms with Crippen LogP contribution < -0.4 is 9.46 Å². The molecule has 0 aliphatic heterocycles. The van der Waals surface area contributed by atoms with Crippen molar-refractivity contribution < 1.29 is 13.2 Å². The Balaban J connectivity index is 1.94. The molecule has 0 fully saturated rings. The molecule has 0 aliphatic rings. The van der Waals surface area contributed by atoms with Crippen LogP contribution >= 0.6 is 0 Å². The molecule has 23 heavy (non-hydrogen) atoms. The Bertz CT molecular complexity index is 798. The number of sulfonamides is 1. The van der Waals surface area contributed by atoms with Crippen LogP contribution in [0.2, 0.25) is 0 Å². The summed E-state index contributed by atoms with van der Waals surface area (Å²) < 4.78 is 32.8. The van der Waals surface area contributed by atoms with Gasteiger partial charge >= 0.3 is 0 Å². The molecule has 0 saturated heterocycles. The summed E-state index contributed by atoms with van der Waals surface area (Å²) in [6.45, 7) is 8.33. The molecule has 2 aromatic carbocycles. The second kappa shape index (κ2) is 7.15. The normalized spacial score (nSPS) is 11.5. The molecule has 2 aromatic rings. The molecule has 2 rings (SSSR count). The summed E-state index contributed by atoms with van der Waals surface area (Å²) in [5.41, 5.74) is 4.18. The van der Waals surface area contributed by atoms with Gasteiger partial charge in [0.15, 0.2) is 0 Å². The van der Waals surface area contributed by atoms with Gasteiger partial charge in [0.1, 0.15) is 12.4 Å². The Labute approximate surface area is 138 Å². The first kappa shape index (κ1) is 17.5. The number of nitrogens with one attached hydrogen (secondary N) is 1. The van der Waals surface area contributed by atoms with Crippen LogP contribution in [0.25, 0.3) is 0 Å². The molecule has 0 heterocycles. The molecule has 5 heteroatoms. The maximum absolute atomic E-state index is 12.3. The molecule has 0 spiro atoms. The van der Waals surface area contributed by atoms with E-state index in [0.29, 0.717) is 0 Å².